The Morgan fingerprint density at radius 1 is 1.20 bits per heavy atom. The van der Waals surface area contributed by atoms with Gasteiger partial charge in [-0.3, -0.25) is 4.98 Å². The lowest BCUT2D eigenvalue weighted by molar-refractivity contribution is 0.692. The summed E-state index contributed by atoms with van der Waals surface area (Å²) in [6, 6.07) is 7.86. The second-order valence-corrected chi connectivity index (χ2v) is 6.30. The molecule has 0 atom stereocenters. The largest absolute Gasteiger partial charge is 0.306 e. The number of aryl methyl sites for hydroxylation is 1. The molecule has 0 aliphatic rings. The zero-order chi connectivity index (χ0) is 13.9. The van der Waals surface area contributed by atoms with Crippen LogP contribution in [-0.4, -0.2) is 9.97 Å². The lowest BCUT2D eigenvalue weighted by Crippen LogP contribution is -2.13. The Morgan fingerprint density at radius 2 is 2.10 bits per heavy atom. The molecule has 0 amide bonds. The third-order valence-electron chi connectivity index (χ3n) is 3.06. The minimum atomic E-state index is 0.743. The van der Waals surface area contributed by atoms with Crippen LogP contribution in [0.3, 0.4) is 0 Å². The molecule has 0 saturated carbocycles. The van der Waals surface area contributed by atoms with Crippen LogP contribution in [0.5, 0.6) is 0 Å². The van der Waals surface area contributed by atoms with E-state index in [1.807, 2.05) is 30.5 Å². The SMILES string of the molecule is Cc1cnc(CNCc2ccc(Cl)c3cccnc23)s1. The van der Waals surface area contributed by atoms with Crippen molar-refractivity contribution in [3.8, 4) is 0 Å². The van der Waals surface area contributed by atoms with Gasteiger partial charge in [0.15, 0.2) is 0 Å². The van der Waals surface area contributed by atoms with Crippen LogP contribution in [0.1, 0.15) is 15.4 Å². The van der Waals surface area contributed by atoms with E-state index in [0.717, 1.165) is 39.6 Å². The van der Waals surface area contributed by atoms with Gasteiger partial charge in [-0.15, -0.1) is 11.3 Å². The Hall–Kier alpha value is -1.49. The minimum absolute atomic E-state index is 0.743. The molecule has 3 aromatic rings. The number of nitrogens with zero attached hydrogens (tertiary/aromatic N) is 2. The fourth-order valence-electron chi connectivity index (χ4n) is 2.13. The Morgan fingerprint density at radius 3 is 2.90 bits per heavy atom. The minimum Gasteiger partial charge on any atom is -0.306 e. The van der Waals surface area contributed by atoms with Crippen LogP contribution < -0.4 is 5.32 Å². The zero-order valence-corrected chi connectivity index (χ0v) is 12.6. The van der Waals surface area contributed by atoms with E-state index in [2.05, 4.69) is 22.2 Å². The maximum Gasteiger partial charge on any atom is 0.107 e. The van der Waals surface area contributed by atoms with Crippen LogP contribution >= 0.6 is 22.9 Å². The van der Waals surface area contributed by atoms with Gasteiger partial charge < -0.3 is 5.32 Å². The molecule has 1 aromatic carbocycles. The Bertz CT molecular complexity index is 739. The number of thiazole rings is 1. The summed E-state index contributed by atoms with van der Waals surface area (Å²) >= 11 is 7.91. The maximum atomic E-state index is 6.19. The Balaban J connectivity index is 1.76. The molecule has 3 rings (SSSR count). The molecule has 0 aliphatic carbocycles. The van der Waals surface area contributed by atoms with Crippen LogP contribution in [0.2, 0.25) is 5.02 Å². The maximum absolute atomic E-state index is 6.19. The number of aromatic nitrogens is 2. The van der Waals surface area contributed by atoms with Crippen molar-refractivity contribution in [2.45, 2.75) is 20.0 Å². The lowest BCUT2D eigenvalue weighted by atomic mass is 10.1. The number of rotatable bonds is 4. The van der Waals surface area contributed by atoms with E-state index >= 15 is 0 Å². The third kappa shape index (κ3) is 2.82. The van der Waals surface area contributed by atoms with Gasteiger partial charge in [-0.25, -0.2) is 4.98 Å². The molecule has 0 aliphatic heterocycles. The molecule has 0 radical (unpaired) electrons. The molecule has 102 valence electrons. The topological polar surface area (TPSA) is 37.8 Å². The van der Waals surface area contributed by atoms with Crippen molar-refractivity contribution < 1.29 is 0 Å². The molecule has 0 bridgehead atoms. The van der Waals surface area contributed by atoms with Crippen LogP contribution in [-0.2, 0) is 13.1 Å². The predicted octanol–water partition coefficient (Wildman–Crippen LogP) is 3.94. The third-order valence-corrected chi connectivity index (χ3v) is 4.30. The van der Waals surface area contributed by atoms with Crippen molar-refractivity contribution in [3.05, 3.63) is 57.1 Å². The van der Waals surface area contributed by atoms with Gasteiger partial charge in [0, 0.05) is 40.8 Å². The Labute approximate surface area is 126 Å². The molecule has 3 nitrogen and oxygen atoms in total. The first kappa shape index (κ1) is 13.5. The highest BCUT2D eigenvalue weighted by molar-refractivity contribution is 7.11. The highest BCUT2D eigenvalue weighted by Gasteiger charge is 2.06. The van der Waals surface area contributed by atoms with Gasteiger partial charge in [0.2, 0.25) is 0 Å². The van der Waals surface area contributed by atoms with Crippen LogP contribution in [0, 0.1) is 6.92 Å². The van der Waals surface area contributed by atoms with E-state index in [1.54, 1.807) is 17.5 Å². The van der Waals surface area contributed by atoms with Gasteiger partial charge >= 0.3 is 0 Å². The fraction of sp³-hybridized carbons (Fsp3) is 0.200. The van der Waals surface area contributed by atoms with Crippen molar-refractivity contribution in [2.24, 2.45) is 0 Å². The first-order valence-corrected chi connectivity index (χ1v) is 7.57. The number of benzene rings is 1. The first-order chi connectivity index (χ1) is 9.74. The van der Waals surface area contributed by atoms with E-state index in [0.29, 0.717) is 0 Å². The molecule has 20 heavy (non-hydrogen) atoms. The molecule has 2 heterocycles. The standard InChI is InChI=1S/C15H14ClN3S/c1-10-7-19-14(20-10)9-17-8-11-4-5-13(16)12-3-2-6-18-15(11)12/h2-7,17H,8-9H2,1H3. The van der Waals surface area contributed by atoms with Gasteiger partial charge in [0.25, 0.3) is 0 Å². The first-order valence-electron chi connectivity index (χ1n) is 6.38. The average Bonchev–Trinajstić information content (AvgIpc) is 2.87. The molecule has 0 fully saturated rings. The van der Waals surface area contributed by atoms with E-state index in [4.69, 9.17) is 11.6 Å². The second-order valence-electron chi connectivity index (χ2n) is 4.57. The van der Waals surface area contributed by atoms with Crippen LogP contribution in [0.4, 0.5) is 0 Å². The summed E-state index contributed by atoms with van der Waals surface area (Å²) in [5, 5.41) is 6.25. The van der Waals surface area contributed by atoms with Crippen LogP contribution in [0.15, 0.2) is 36.7 Å². The smallest absolute Gasteiger partial charge is 0.107 e. The van der Waals surface area contributed by atoms with Gasteiger partial charge in [-0.2, -0.15) is 0 Å². The van der Waals surface area contributed by atoms with Gasteiger partial charge in [-0.1, -0.05) is 17.7 Å². The normalized spacial score (nSPS) is 11.1. The van der Waals surface area contributed by atoms with Crippen molar-refractivity contribution in [1.29, 1.82) is 0 Å². The quantitative estimate of drug-likeness (QED) is 0.793. The lowest BCUT2D eigenvalue weighted by Gasteiger charge is -2.07. The molecule has 1 N–H and O–H groups in total. The van der Waals surface area contributed by atoms with Crippen molar-refractivity contribution in [2.75, 3.05) is 0 Å². The average molecular weight is 304 g/mol. The highest BCUT2D eigenvalue weighted by Crippen LogP contribution is 2.24. The monoisotopic (exact) mass is 303 g/mol. The van der Waals surface area contributed by atoms with E-state index in [9.17, 15) is 0 Å². The second kappa shape index (κ2) is 5.87. The van der Waals surface area contributed by atoms with Crippen LogP contribution in [0.25, 0.3) is 10.9 Å². The van der Waals surface area contributed by atoms with Gasteiger partial charge in [0.1, 0.15) is 5.01 Å². The molecule has 0 unspecified atom stereocenters. The Kier molecular flexibility index (Phi) is 3.96. The number of hydrogen-bond donors (Lipinski definition) is 1. The molecule has 0 saturated heterocycles. The molecule has 0 spiro atoms. The predicted molar refractivity (Wildman–Crippen MR) is 84.1 cm³/mol. The summed E-state index contributed by atoms with van der Waals surface area (Å²) in [5.74, 6) is 0. The molecule has 5 heteroatoms. The zero-order valence-electron chi connectivity index (χ0n) is 11.1. The van der Waals surface area contributed by atoms with Crippen molar-refractivity contribution in [1.82, 2.24) is 15.3 Å². The summed E-state index contributed by atoms with van der Waals surface area (Å²) in [6.07, 6.45) is 3.70. The van der Waals surface area contributed by atoms with Crippen molar-refractivity contribution >= 4 is 33.8 Å². The highest BCUT2D eigenvalue weighted by atomic mass is 35.5. The summed E-state index contributed by atoms with van der Waals surface area (Å²) in [7, 11) is 0. The number of fused-ring (bicyclic) bond motifs is 1. The number of pyridine rings is 1. The molecule has 2 aromatic heterocycles. The summed E-state index contributed by atoms with van der Waals surface area (Å²) < 4.78 is 0. The van der Waals surface area contributed by atoms with Gasteiger partial charge in [0.05, 0.1) is 5.52 Å². The van der Waals surface area contributed by atoms with E-state index < -0.39 is 0 Å². The number of nitrogens with one attached hydrogen (secondary N) is 1. The number of hydrogen-bond acceptors (Lipinski definition) is 4. The molecular weight excluding hydrogens is 290 g/mol. The number of halogens is 1. The summed E-state index contributed by atoms with van der Waals surface area (Å²) in [4.78, 5) is 10.0. The summed E-state index contributed by atoms with van der Waals surface area (Å²) in [5.41, 5.74) is 2.11. The summed E-state index contributed by atoms with van der Waals surface area (Å²) in [6.45, 7) is 3.59. The van der Waals surface area contributed by atoms with E-state index in [-0.39, 0.29) is 0 Å². The molecular formula is C15H14ClN3S. The van der Waals surface area contributed by atoms with Gasteiger partial charge in [-0.05, 0) is 30.7 Å². The van der Waals surface area contributed by atoms with Crippen molar-refractivity contribution in [3.63, 3.8) is 0 Å². The van der Waals surface area contributed by atoms with E-state index in [1.165, 1.54) is 4.88 Å². The fourth-order valence-corrected chi connectivity index (χ4v) is 3.10.